The zero-order valence-electron chi connectivity index (χ0n) is 15.1. The number of carbonyl (C=O) groups excluding carboxylic acids is 1. The molecule has 0 saturated carbocycles. The van der Waals surface area contributed by atoms with Crippen LogP contribution < -0.4 is 25.3 Å². The number of carbonyl (C=O) groups is 1. The lowest BCUT2D eigenvalue weighted by Crippen LogP contribution is -2.30. The Bertz CT molecular complexity index is 712. The smallest absolute Gasteiger partial charge is 0.312 e. The van der Waals surface area contributed by atoms with Crippen molar-refractivity contribution >= 4 is 16.9 Å². The molecule has 0 radical (unpaired) electrons. The van der Waals surface area contributed by atoms with E-state index in [9.17, 15) is 4.79 Å². The van der Waals surface area contributed by atoms with E-state index >= 15 is 0 Å². The summed E-state index contributed by atoms with van der Waals surface area (Å²) in [5.74, 6) is 2.18. The Hall–Kier alpha value is -2.57. The topological polar surface area (TPSA) is 98.6 Å². The fourth-order valence-corrected chi connectivity index (χ4v) is 2.78. The Morgan fingerprint density at radius 3 is 2.40 bits per heavy atom. The van der Waals surface area contributed by atoms with Crippen LogP contribution in [0, 0.1) is 0 Å². The average molecular weight is 349 g/mol. The second-order valence-electron chi connectivity index (χ2n) is 5.44. The Morgan fingerprint density at radius 1 is 1.08 bits per heavy atom. The van der Waals surface area contributed by atoms with Gasteiger partial charge in [0.1, 0.15) is 0 Å². The van der Waals surface area contributed by atoms with Crippen LogP contribution in [0.4, 0.5) is 4.79 Å². The molecular weight excluding hydrogens is 322 g/mol. The van der Waals surface area contributed by atoms with E-state index < -0.39 is 6.03 Å². The maximum absolute atomic E-state index is 10.8. The van der Waals surface area contributed by atoms with Gasteiger partial charge in [-0.3, -0.25) is 0 Å². The predicted octanol–water partition coefficient (Wildman–Crippen LogP) is 2.96. The number of fused-ring (bicyclic) bond motifs is 1. The number of amides is 2. The number of hydrogen-bond acceptors (Lipinski definition) is 4. The van der Waals surface area contributed by atoms with Crippen LogP contribution in [0.1, 0.15) is 32.9 Å². The fraction of sp³-hybridized carbons (Fsp3) is 0.500. The first-order valence-corrected chi connectivity index (χ1v) is 8.71. The zero-order valence-corrected chi connectivity index (χ0v) is 15.1. The summed E-state index contributed by atoms with van der Waals surface area (Å²) in [6.45, 7) is 7.99. The molecule has 0 fully saturated rings. The summed E-state index contributed by atoms with van der Waals surface area (Å²) in [6.07, 6.45) is 1.47. The second kappa shape index (κ2) is 9.05. The molecule has 25 heavy (non-hydrogen) atoms. The molecule has 1 heterocycles. The summed E-state index contributed by atoms with van der Waals surface area (Å²) in [7, 11) is 0. The first-order chi connectivity index (χ1) is 12.1. The van der Waals surface area contributed by atoms with Crippen LogP contribution in [-0.4, -0.2) is 37.4 Å². The van der Waals surface area contributed by atoms with Crippen LogP contribution in [0.15, 0.2) is 12.1 Å². The lowest BCUT2D eigenvalue weighted by Gasteiger charge is -2.13. The number of aromatic amines is 1. The molecule has 0 aliphatic rings. The maximum Gasteiger partial charge on any atom is 0.312 e. The van der Waals surface area contributed by atoms with Crippen LogP contribution in [0.25, 0.3) is 10.9 Å². The molecule has 7 heteroatoms. The van der Waals surface area contributed by atoms with Gasteiger partial charge in [0, 0.05) is 6.54 Å². The Balaban J connectivity index is 2.40. The fourth-order valence-electron chi connectivity index (χ4n) is 2.78. The van der Waals surface area contributed by atoms with Crippen molar-refractivity contribution in [1.29, 1.82) is 0 Å². The number of hydrogen-bond donors (Lipinski definition) is 3. The minimum Gasteiger partial charge on any atom is -0.491 e. The van der Waals surface area contributed by atoms with E-state index in [1.165, 1.54) is 0 Å². The molecule has 2 aromatic rings. The number of urea groups is 1. The molecule has 0 atom stereocenters. The number of nitrogens with one attached hydrogen (secondary N) is 2. The number of benzene rings is 1. The van der Waals surface area contributed by atoms with E-state index in [0.717, 1.165) is 35.2 Å². The first kappa shape index (κ1) is 18.8. The third-order valence-corrected chi connectivity index (χ3v) is 3.69. The molecule has 7 nitrogen and oxygen atoms in total. The number of ether oxygens (including phenoxy) is 3. The number of rotatable bonds is 10. The molecule has 138 valence electrons. The van der Waals surface area contributed by atoms with Crippen LogP contribution in [0.5, 0.6) is 17.2 Å². The van der Waals surface area contributed by atoms with Crippen LogP contribution in [0.2, 0.25) is 0 Å². The molecule has 0 spiro atoms. The highest BCUT2D eigenvalue weighted by molar-refractivity contribution is 5.95. The highest BCUT2D eigenvalue weighted by Crippen LogP contribution is 2.43. The quantitative estimate of drug-likeness (QED) is 0.574. The number of aromatic nitrogens is 1. The van der Waals surface area contributed by atoms with Crippen LogP contribution in [-0.2, 0) is 6.42 Å². The molecule has 0 aliphatic carbocycles. The van der Waals surface area contributed by atoms with E-state index in [-0.39, 0.29) is 0 Å². The predicted molar refractivity (Wildman–Crippen MR) is 97.7 cm³/mol. The maximum atomic E-state index is 10.8. The molecule has 4 N–H and O–H groups in total. The summed E-state index contributed by atoms with van der Waals surface area (Å²) in [5, 5.41) is 3.49. The summed E-state index contributed by atoms with van der Waals surface area (Å²) in [4.78, 5) is 14.2. The third-order valence-electron chi connectivity index (χ3n) is 3.69. The number of nitrogens with two attached hydrogens (primary N) is 1. The van der Waals surface area contributed by atoms with E-state index in [0.29, 0.717) is 37.9 Å². The molecule has 2 rings (SSSR count). The molecule has 0 aliphatic heterocycles. The largest absolute Gasteiger partial charge is 0.491 e. The Kier molecular flexibility index (Phi) is 6.80. The van der Waals surface area contributed by atoms with E-state index in [1.54, 1.807) is 0 Å². The number of primary amides is 1. The van der Waals surface area contributed by atoms with Gasteiger partial charge in [-0.1, -0.05) is 0 Å². The molecule has 1 aromatic carbocycles. The Morgan fingerprint density at radius 2 is 1.76 bits per heavy atom. The standard InChI is InChI=1S/C18H27N3O4/c1-4-23-14-10-9-12-15(17(14)25-6-3)16(24-5-2)13(21-12)8-7-11-20-18(19)22/h9-10,21H,4-8,11H2,1-3H3,(H3,19,20,22). The van der Waals surface area contributed by atoms with E-state index in [2.05, 4.69) is 10.3 Å². The van der Waals surface area contributed by atoms with Gasteiger partial charge < -0.3 is 30.2 Å². The summed E-state index contributed by atoms with van der Waals surface area (Å²) < 4.78 is 17.5. The monoisotopic (exact) mass is 349 g/mol. The van der Waals surface area contributed by atoms with Crippen molar-refractivity contribution in [2.45, 2.75) is 33.6 Å². The number of H-pyrrole nitrogens is 1. The van der Waals surface area contributed by atoms with Crippen molar-refractivity contribution in [3.63, 3.8) is 0 Å². The molecule has 2 amide bonds. The average Bonchev–Trinajstić information content (AvgIpc) is 2.92. The summed E-state index contributed by atoms with van der Waals surface area (Å²) in [6, 6.07) is 3.36. The summed E-state index contributed by atoms with van der Waals surface area (Å²) in [5.41, 5.74) is 7.00. The van der Waals surface area contributed by atoms with Gasteiger partial charge in [-0.15, -0.1) is 0 Å². The molecule has 0 bridgehead atoms. The highest BCUT2D eigenvalue weighted by Gasteiger charge is 2.20. The van der Waals surface area contributed by atoms with Crippen molar-refractivity contribution in [2.75, 3.05) is 26.4 Å². The second-order valence-corrected chi connectivity index (χ2v) is 5.44. The van der Waals surface area contributed by atoms with Gasteiger partial charge in [0.05, 0.1) is 36.4 Å². The van der Waals surface area contributed by atoms with Gasteiger partial charge in [0.2, 0.25) is 0 Å². The highest BCUT2D eigenvalue weighted by atomic mass is 16.5. The Labute approximate surface area is 147 Å². The van der Waals surface area contributed by atoms with Crippen LogP contribution in [0.3, 0.4) is 0 Å². The minimum absolute atomic E-state index is 0.512. The SMILES string of the molecule is CCOc1ccc2[nH]c(CCCNC(N)=O)c(OCC)c2c1OCC. The third kappa shape index (κ3) is 4.49. The van der Waals surface area contributed by atoms with Crippen LogP contribution >= 0.6 is 0 Å². The molecular formula is C18H27N3O4. The van der Waals surface area contributed by atoms with Crippen molar-refractivity contribution in [3.8, 4) is 17.2 Å². The van der Waals surface area contributed by atoms with Gasteiger partial charge in [-0.25, -0.2) is 4.79 Å². The van der Waals surface area contributed by atoms with Gasteiger partial charge in [-0.05, 0) is 45.7 Å². The molecule has 0 saturated heterocycles. The van der Waals surface area contributed by atoms with Crippen molar-refractivity contribution in [1.82, 2.24) is 10.3 Å². The molecule has 1 aromatic heterocycles. The van der Waals surface area contributed by atoms with E-state index in [4.69, 9.17) is 19.9 Å². The van der Waals surface area contributed by atoms with Crippen molar-refractivity contribution in [2.24, 2.45) is 5.73 Å². The first-order valence-electron chi connectivity index (χ1n) is 8.71. The minimum atomic E-state index is -0.512. The van der Waals surface area contributed by atoms with Crippen molar-refractivity contribution < 1.29 is 19.0 Å². The van der Waals surface area contributed by atoms with E-state index in [1.807, 2.05) is 32.9 Å². The lowest BCUT2D eigenvalue weighted by molar-refractivity contribution is 0.249. The zero-order chi connectivity index (χ0) is 18.2. The van der Waals surface area contributed by atoms with Gasteiger partial charge in [0.15, 0.2) is 17.2 Å². The van der Waals surface area contributed by atoms with Gasteiger partial charge in [-0.2, -0.15) is 0 Å². The molecule has 0 unspecified atom stereocenters. The van der Waals surface area contributed by atoms with Gasteiger partial charge in [0.25, 0.3) is 0 Å². The summed E-state index contributed by atoms with van der Waals surface area (Å²) >= 11 is 0. The van der Waals surface area contributed by atoms with Gasteiger partial charge >= 0.3 is 6.03 Å². The van der Waals surface area contributed by atoms with Crippen molar-refractivity contribution in [3.05, 3.63) is 17.8 Å². The number of aryl methyl sites for hydroxylation is 1. The normalized spacial score (nSPS) is 10.7. The lowest BCUT2D eigenvalue weighted by atomic mass is 10.1.